The molecule has 0 heterocycles. The number of benzene rings is 1. The van der Waals surface area contributed by atoms with Crippen molar-refractivity contribution in [1.29, 1.82) is 0 Å². The molecule has 0 amide bonds. The van der Waals surface area contributed by atoms with Gasteiger partial charge in [-0.3, -0.25) is 4.90 Å². The quantitative estimate of drug-likeness (QED) is 0.869. The molecule has 0 spiro atoms. The van der Waals surface area contributed by atoms with E-state index < -0.39 is 5.60 Å². The third kappa shape index (κ3) is 3.40. The molecule has 20 heavy (non-hydrogen) atoms. The van der Waals surface area contributed by atoms with E-state index >= 15 is 0 Å². The van der Waals surface area contributed by atoms with Gasteiger partial charge in [0.15, 0.2) is 0 Å². The van der Waals surface area contributed by atoms with Gasteiger partial charge in [-0.1, -0.05) is 37.1 Å². The summed E-state index contributed by atoms with van der Waals surface area (Å²) in [5.41, 5.74) is 8.24. The molecular formula is C17H28N2O. The lowest BCUT2D eigenvalue weighted by Gasteiger charge is -2.37. The first kappa shape index (κ1) is 15.5. The van der Waals surface area contributed by atoms with E-state index in [1.54, 1.807) is 0 Å². The van der Waals surface area contributed by atoms with Crippen molar-refractivity contribution in [1.82, 2.24) is 4.90 Å². The third-order valence-corrected chi connectivity index (χ3v) is 4.56. The van der Waals surface area contributed by atoms with E-state index in [2.05, 4.69) is 43.1 Å². The molecule has 1 fully saturated rings. The predicted octanol–water partition coefficient (Wildman–Crippen LogP) is 2.62. The minimum Gasteiger partial charge on any atom is -0.389 e. The first-order chi connectivity index (χ1) is 9.43. The van der Waals surface area contributed by atoms with Crippen LogP contribution in [0.25, 0.3) is 0 Å². The zero-order chi connectivity index (χ0) is 14.8. The van der Waals surface area contributed by atoms with Gasteiger partial charge in [0.1, 0.15) is 0 Å². The number of hydrogen-bond acceptors (Lipinski definition) is 3. The average Bonchev–Trinajstić information content (AvgIpc) is 2.78. The fraction of sp³-hybridized carbons (Fsp3) is 0.647. The van der Waals surface area contributed by atoms with Crippen molar-refractivity contribution in [3.05, 3.63) is 35.4 Å². The Balaban J connectivity index is 2.18. The van der Waals surface area contributed by atoms with Gasteiger partial charge in [-0.2, -0.15) is 0 Å². The van der Waals surface area contributed by atoms with Gasteiger partial charge >= 0.3 is 0 Å². The van der Waals surface area contributed by atoms with Gasteiger partial charge in [0.2, 0.25) is 0 Å². The average molecular weight is 276 g/mol. The fourth-order valence-electron chi connectivity index (χ4n) is 3.59. The van der Waals surface area contributed by atoms with Crippen LogP contribution in [-0.2, 0) is 0 Å². The number of nitrogens with zero attached hydrogens (tertiary/aromatic N) is 1. The second kappa shape index (κ2) is 6.25. The first-order valence-corrected chi connectivity index (χ1v) is 7.67. The van der Waals surface area contributed by atoms with E-state index in [9.17, 15) is 5.11 Å². The molecule has 1 aromatic rings. The van der Waals surface area contributed by atoms with Crippen molar-refractivity contribution < 1.29 is 5.11 Å². The summed E-state index contributed by atoms with van der Waals surface area (Å²) in [6.45, 7) is 4.88. The number of nitrogens with two attached hydrogens (primary N) is 1. The summed E-state index contributed by atoms with van der Waals surface area (Å²) in [6.07, 6.45) is 4.10. The minimum absolute atomic E-state index is 0.0334. The fourth-order valence-corrected chi connectivity index (χ4v) is 3.59. The largest absolute Gasteiger partial charge is 0.389 e. The van der Waals surface area contributed by atoms with Crippen molar-refractivity contribution >= 4 is 0 Å². The van der Waals surface area contributed by atoms with Crippen LogP contribution in [0.3, 0.4) is 0 Å². The molecule has 1 aliphatic rings. The van der Waals surface area contributed by atoms with Gasteiger partial charge in [0.05, 0.1) is 5.60 Å². The monoisotopic (exact) mass is 276 g/mol. The highest BCUT2D eigenvalue weighted by molar-refractivity contribution is 5.29. The summed E-state index contributed by atoms with van der Waals surface area (Å²) in [5, 5.41) is 10.6. The normalized spacial score (nSPS) is 21.1. The maximum atomic E-state index is 10.6. The van der Waals surface area contributed by atoms with Crippen LogP contribution < -0.4 is 5.73 Å². The second-order valence-corrected chi connectivity index (χ2v) is 6.51. The number of aryl methyl sites for hydroxylation is 1. The summed E-state index contributed by atoms with van der Waals surface area (Å²) in [7, 11) is 2.08. The van der Waals surface area contributed by atoms with E-state index in [0.717, 1.165) is 25.7 Å². The molecule has 0 aliphatic heterocycles. The van der Waals surface area contributed by atoms with Crippen LogP contribution in [0.15, 0.2) is 24.3 Å². The molecule has 0 bridgehead atoms. The van der Waals surface area contributed by atoms with Gasteiger partial charge in [-0.15, -0.1) is 0 Å². The molecule has 1 saturated carbocycles. The maximum absolute atomic E-state index is 10.6. The molecule has 0 radical (unpaired) electrons. The topological polar surface area (TPSA) is 49.5 Å². The molecule has 1 aromatic carbocycles. The van der Waals surface area contributed by atoms with E-state index in [4.69, 9.17) is 5.73 Å². The predicted molar refractivity (Wildman–Crippen MR) is 83.6 cm³/mol. The summed E-state index contributed by atoms with van der Waals surface area (Å²) >= 11 is 0. The molecule has 3 heteroatoms. The molecule has 2 atom stereocenters. The summed E-state index contributed by atoms with van der Waals surface area (Å²) in [6, 6.07) is 8.59. The van der Waals surface area contributed by atoms with Gasteiger partial charge in [0.25, 0.3) is 0 Å². The Morgan fingerprint density at radius 1 is 1.30 bits per heavy atom. The molecule has 3 N–H and O–H groups in total. The van der Waals surface area contributed by atoms with Crippen LogP contribution in [0.1, 0.15) is 49.8 Å². The Bertz CT molecular complexity index is 438. The Morgan fingerprint density at radius 3 is 2.45 bits per heavy atom. The van der Waals surface area contributed by atoms with Gasteiger partial charge < -0.3 is 10.8 Å². The smallest absolute Gasteiger partial charge is 0.0774 e. The Labute approximate surface area is 122 Å². The van der Waals surface area contributed by atoms with E-state index in [-0.39, 0.29) is 12.1 Å². The standard InChI is InChI=1S/C17H28N2O/c1-13-8-4-5-9-15(13)16(14(2)18)19(3)12-17(20)10-6-7-11-17/h4-5,8-9,14,16,20H,6-7,10-12,18H2,1-3H3. The molecular weight excluding hydrogens is 248 g/mol. The molecule has 2 unspecified atom stereocenters. The van der Waals surface area contributed by atoms with E-state index in [1.807, 2.05) is 6.92 Å². The number of hydrogen-bond donors (Lipinski definition) is 2. The van der Waals surface area contributed by atoms with Crippen LogP contribution in [-0.4, -0.2) is 35.2 Å². The molecule has 112 valence electrons. The zero-order valence-corrected chi connectivity index (χ0v) is 13.0. The van der Waals surface area contributed by atoms with Crippen molar-refractivity contribution in [3.8, 4) is 0 Å². The SMILES string of the molecule is Cc1ccccc1C(C(C)N)N(C)CC1(O)CCCC1. The van der Waals surface area contributed by atoms with Gasteiger partial charge in [0, 0.05) is 18.6 Å². The van der Waals surface area contributed by atoms with Gasteiger partial charge in [-0.05, 0) is 44.9 Å². The van der Waals surface area contributed by atoms with Crippen LogP contribution in [0.2, 0.25) is 0 Å². The minimum atomic E-state index is -0.523. The number of aliphatic hydroxyl groups is 1. The van der Waals surface area contributed by atoms with Crippen molar-refractivity contribution in [3.63, 3.8) is 0 Å². The van der Waals surface area contributed by atoms with Crippen molar-refractivity contribution in [2.45, 2.75) is 57.2 Å². The van der Waals surface area contributed by atoms with Crippen LogP contribution in [0.5, 0.6) is 0 Å². The lowest BCUT2D eigenvalue weighted by molar-refractivity contribution is 0.00245. The molecule has 3 nitrogen and oxygen atoms in total. The molecule has 0 saturated heterocycles. The summed E-state index contributed by atoms with van der Waals surface area (Å²) in [4.78, 5) is 2.23. The Morgan fingerprint density at radius 2 is 1.90 bits per heavy atom. The highest BCUT2D eigenvalue weighted by atomic mass is 16.3. The maximum Gasteiger partial charge on any atom is 0.0774 e. The molecule has 2 rings (SSSR count). The molecule has 0 aromatic heterocycles. The van der Waals surface area contributed by atoms with Gasteiger partial charge in [-0.25, -0.2) is 0 Å². The third-order valence-electron chi connectivity index (χ3n) is 4.56. The van der Waals surface area contributed by atoms with Crippen molar-refractivity contribution in [2.75, 3.05) is 13.6 Å². The Kier molecular flexibility index (Phi) is 4.84. The highest BCUT2D eigenvalue weighted by Gasteiger charge is 2.35. The lowest BCUT2D eigenvalue weighted by Crippen LogP contribution is -2.45. The number of likely N-dealkylation sites (N-methyl/N-ethyl adjacent to an activating group) is 1. The number of rotatable bonds is 5. The molecule has 1 aliphatic carbocycles. The summed E-state index contributed by atoms with van der Waals surface area (Å²) in [5.74, 6) is 0. The van der Waals surface area contributed by atoms with E-state index in [1.165, 1.54) is 11.1 Å². The van der Waals surface area contributed by atoms with Crippen LogP contribution in [0, 0.1) is 6.92 Å². The second-order valence-electron chi connectivity index (χ2n) is 6.51. The summed E-state index contributed by atoms with van der Waals surface area (Å²) < 4.78 is 0. The zero-order valence-electron chi connectivity index (χ0n) is 13.0. The van der Waals surface area contributed by atoms with Crippen LogP contribution in [0.4, 0.5) is 0 Å². The van der Waals surface area contributed by atoms with Crippen LogP contribution >= 0.6 is 0 Å². The van der Waals surface area contributed by atoms with Crippen molar-refractivity contribution in [2.24, 2.45) is 5.73 Å². The Hall–Kier alpha value is -0.900. The first-order valence-electron chi connectivity index (χ1n) is 7.67. The highest BCUT2D eigenvalue weighted by Crippen LogP contribution is 2.33. The lowest BCUT2D eigenvalue weighted by atomic mass is 9.93. The van der Waals surface area contributed by atoms with E-state index in [0.29, 0.717) is 6.54 Å².